The molecule has 23 heavy (non-hydrogen) atoms. The first-order valence-corrected chi connectivity index (χ1v) is 8.68. The molecule has 0 saturated heterocycles. The van der Waals surface area contributed by atoms with Gasteiger partial charge in [0.05, 0.1) is 17.3 Å². The van der Waals surface area contributed by atoms with E-state index in [0.29, 0.717) is 16.6 Å². The summed E-state index contributed by atoms with van der Waals surface area (Å²) >= 11 is 0.946. The molecule has 118 valence electrons. The van der Waals surface area contributed by atoms with Crippen LogP contribution < -0.4 is 4.72 Å². The summed E-state index contributed by atoms with van der Waals surface area (Å²) in [4.78, 5) is 10.9. The Morgan fingerprint density at radius 2 is 1.83 bits per heavy atom. The summed E-state index contributed by atoms with van der Waals surface area (Å²) < 4.78 is 35.9. The summed E-state index contributed by atoms with van der Waals surface area (Å²) in [5.74, 6) is -1.08. The van der Waals surface area contributed by atoms with Gasteiger partial charge in [-0.25, -0.2) is 13.2 Å². The second-order valence-corrected chi connectivity index (χ2v) is 6.98. The predicted octanol–water partition coefficient (Wildman–Crippen LogP) is 2.50. The van der Waals surface area contributed by atoms with Gasteiger partial charge in [0.15, 0.2) is 0 Å². The smallest absolute Gasteiger partial charge is 0.335 e. The number of nitrogens with one attached hydrogen (secondary N) is 1. The molecule has 0 radical (unpaired) electrons. The van der Waals surface area contributed by atoms with Crippen LogP contribution in [0.3, 0.4) is 0 Å². The molecular formula is C14H11N3O4S2. The third kappa shape index (κ3) is 2.88. The van der Waals surface area contributed by atoms with Crippen molar-refractivity contribution in [2.75, 3.05) is 4.72 Å². The molecule has 0 atom stereocenters. The van der Waals surface area contributed by atoms with Gasteiger partial charge < -0.3 is 5.11 Å². The minimum absolute atomic E-state index is 0.0751. The number of fused-ring (bicyclic) bond motifs is 1. The first-order chi connectivity index (χ1) is 10.9. The Bertz CT molecular complexity index is 995. The number of aryl methyl sites for hydroxylation is 1. The van der Waals surface area contributed by atoms with Crippen LogP contribution >= 0.6 is 11.7 Å². The largest absolute Gasteiger partial charge is 0.478 e. The summed E-state index contributed by atoms with van der Waals surface area (Å²) in [6.07, 6.45) is 0. The molecule has 0 bridgehead atoms. The first kappa shape index (κ1) is 15.4. The van der Waals surface area contributed by atoms with Crippen molar-refractivity contribution in [2.45, 2.75) is 11.8 Å². The van der Waals surface area contributed by atoms with Gasteiger partial charge in [0, 0.05) is 5.69 Å². The Labute approximate surface area is 136 Å². The molecule has 0 spiro atoms. The molecule has 0 unspecified atom stereocenters. The Balaban J connectivity index is 2.02. The number of carboxylic acids is 1. The van der Waals surface area contributed by atoms with Crippen LogP contribution in [0.4, 0.5) is 5.69 Å². The van der Waals surface area contributed by atoms with E-state index < -0.39 is 16.0 Å². The fourth-order valence-corrected chi connectivity index (χ4v) is 4.20. The number of carbonyl (C=O) groups is 1. The van der Waals surface area contributed by atoms with Crippen molar-refractivity contribution in [3.8, 4) is 0 Å². The highest BCUT2D eigenvalue weighted by molar-refractivity contribution is 7.93. The van der Waals surface area contributed by atoms with Crippen LogP contribution in [-0.2, 0) is 10.0 Å². The van der Waals surface area contributed by atoms with Gasteiger partial charge in [-0.2, -0.15) is 8.75 Å². The van der Waals surface area contributed by atoms with Gasteiger partial charge in [-0.1, -0.05) is 6.07 Å². The molecule has 2 aromatic carbocycles. The van der Waals surface area contributed by atoms with Crippen molar-refractivity contribution in [2.24, 2.45) is 0 Å². The Morgan fingerprint density at radius 1 is 1.13 bits per heavy atom. The van der Waals surface area contributed by atoms with Crippen LogP contribution in [0.5, 0.6) is 0 Å². The highest BCUT2D eigenvalue weighted by atomic mass is 32.2. The Kier molecular flexibility index (Phi) is 3.74. The molecule has 0 fully saturated rings. The number of benzene rings is 2. The fraction of sp³-hybridized carbons (Fsp3) is 0.0714. The maximum absolute atomic E-state index is 12.7. The van der Waals surface area contributed by atoms with Crippen LogP contribution in [0, 0.1) is 6.92 Å². The van der Waals surface area contributed by atoms with E-state index in [0.717, 1.165) is 11.7 Å². The van der Waals surface area contributed by atoms with E-state index in [9.17, 15) is 13.2 Å². The SMILES string of the molecule is Cc1ccc2nsnc2c1S(=O)(=O)Nc1ccc(C(=O)O)cc1. The third-order valence-electron chi connectivity index (χ3n) is 3.23. The number of aromatic nitrogens is 2. The van der Waals surface area contributed by atoms with Gasteiger partial charge >= 0.3 is 5.97 Å². The van der Waals surface area contributed by atoms with Crippen LogP contribution in [-0.4, -0.2) is 28.2 Å². The number of rotatable bonds is 4. The zero-order valence-electron chi connectivity index (χ0n) is 11.8. The average Bonchev–Trinajstić information content (AvgIpc) is 2.94. The van der Waals surface area contributed by atoms with Gasteiger partial charge in [0.1, 0.15) is 15.9 Å². The highest BCUT2D eigenvalue weighted by Gasteiger charge is 2.22. The van der Waals surface area contributed by atoms with E-state index >= 15 is 0 Å². The van der Waals surface area contributed by atoms with E-state index in [1.807, 2.05) is 0 Å². The molecule has 1 aromatic heterocycles. The molecule has 7 nitrogen and oxygen atoms in total. The molecule has 3 aromatic rings. The predicted molar refractivity (Wildman–Crippen MR) is 86.4 cm³/mol. The number of carboxylic acid groups (broad SMARTS) is 1. The van der Waals surface area contributed by atoms with Crippen molar-refractivity contribution >= 4 is 44.4 Å². The number of anilines is 1. The topological polar surface area (TPSA) is 109 Å². The van der Waals surface area contributed by atoms with Gasteiger partial charge in [0.25, 0.3) is 10.0 Å². The van der Waals surface area contributed by atoms with Gasteiger partial charge in [0.2, 0.25) is 0 Å². The Hall–Kier alpha value is -2.52. The summed E-state index contributed by atoms with van der Waals surface area (Å²) in [6.45, 7) is 1.68. The summed E-state index contributed by atoms with van der Waals surface area (Å²) in [5.41, 5.74) is 1.75. The molecule has 0 aliphatic carbocycles. The van der Waals surface area contributed by atoms with Crippen LogP contribution in [0.15, 0.2) is 41.3 Å². The molecular weight excluding hydrogens is 338 g/mol. The molecule has 3 rings (SSSR count). The van der Waals surface area contributed by atoms with Crippen molar-refractivity contribution < 1.29 is 18.3 Å². The van der Waals surface area contributed by atoms with Crippen molar-refractivity contribution in [3.63, 3.8) is 0 Å². The zero-order valence-corrected chi connectivity index (χ0v) is 13.5. The lowest BCUT2D eigenvalue weighted by molar-refractivity contribution is 0.0697. The lowest BCUT2D eigenvalue weighted by Gasteiger charge is -2.10. The Morgan fingerprint density at radius 3 is 2.48 bits per heavy atom. The molecule has 0 saturated carbocycles. The highest BCUT2D eigenvalue weighted by Crippen LogP contribution is 2.27. The normalized spacial score (nSPS) is 11.5. The summed E-state index contributed by atoms with van der Waals surface area (Å²) in [6, 6.07) is 8.85. The quantitative estimate of drug-likeness (QED) is 0.749. The molecule has 0 amide bonds. The average molecular weight is 349 g/mol. The maximum atomic E-state index is 12.7. The minimum Gasteiger partial charge on any atom is -0.478 e. The molecule has 2 N–H and O–H groups in total. The molecule has 0 aliphatic heterocycles. The molecule has 0 aliphatic rings. The van der Waals surface area contributed by atoms with Crippen LogP contribution in [0.2, 0.25) is 0 Å². The number of nitrogens with zero attached hydrogens (tertiary/aromatic N) is 2. The van der Waals surface area contributed by atoms with Crippen molar-refractivity contribution in [1.82, 2.24) is 8.75 Å². The van der Waals surface area contributed by atoms with E-state index in [4.69, 9.17) is 5.11 Å². The van der Waals surface area contributed by atoms with Crippen molar-refractivity contribution in [3.05, 3.63) is 47.5 Å². The lowest BCUT2D eigenvalue weighted by Crippen LogP contribution is -2.15. The van der Waals surface area contributed by atoms with Gasteiger partial charge in [-0.15, -0.1) is 0 Å². The summed E-state index contributed by atoms with van der Waals surface area (Å²) in [7, 11) is -3.87. The molecule has 1 heterocycles. The van der Waals surface area contributed by atoms with Crippen LogP contribution in [0.1, 0.15) is 15.9 Å². The van der Waals surface area contributed by atoms with E-state index in [1.165, 1.54) is 24.3 Å². The second-order valence-electron chi connectivity index (χ2n) is 4.83. The van der Waals surface area contributed by atoms with E-state index in [2.05, 4.69) is 13.5 Å². The fourth-order valence-electron chi connectivity index (χ4n) is 2.15. The van der Waals surface area contributed by atoms with Crippen LogP contribution in [0.25, 0.3) is 11.0 Å². The van der Waals surface area contributed by atoms with Crippen molar-refractivity contribution in [1.29, 1.82) is 0 Å². The summed E-state index contributed by atoms with van der Waals surface area (Å²) in [5, 5.41) is 8.86. The minimum atomic E-state index is -3.87. The second kappa shape index (κ2) is 5.60. The van der Waals surface area contributed by atoms with Gasteiger partial charge in [-0.3, -0.25) is 4.72 Å². The van der Waals surface area contributed by atoms with E-state index in [1.54, 1.807) is 19.1 Å². The third-order valence-corrected chi connectivity index (χ3v) is 5.33. The zero-order chi connectivity index (χ0) is 16.6. The van der Waals surface area contributed by atoms with E-state index in [-0.39, 0.29) is 16.1 Å². The standard InChI is InChI=1S/C14H11N3O4S2/c1-8-2-7-11-12(16-22-15-11)13(8)23(20,21)17-10-5-3-9(4-6-10)14(18)19/h2-7,17H,1H3,(H,18,19). The van der Waals surface area contributed by atoms with Gasteiger partial charge in [-0.05, 0) is 42.8 Å². The maximum Gasteiger partial charge on any atom is 0.335 e. The number of hydrogen-bond acceptors (Lipinski definition) is 6. The monoisotopic (exact) mass is 349 g/mol. The first-order valence-electron chi connectivity index (χ1n) is 6.46. The number of aromatic carboxylic acids is 1. The molecule has 9 heteroatoms. The number of hydrogen-bond donors (Lipinski definition) is 2. The lowest BCUT2D eigenvalue weighted by atomic mass is 10.2. The number of sulfonamides is 1.